The number of aliphatic carboxylic acids is 1. The van der Waals surface area contributed by atoms with Crippen molar-refractivity contribution in [1.29, 1.82) is 0 Å². The third-order valence-corrected chi connectivity index (χ3v) is 3.97. The van der Waals surface area contributed by atoms with E-state index in [2.05, 4.69) is 15.9 Å². The van der Waals surface area contributed by atoms with Crippen LogP contribution in [-0.4, -0.2) is 23.3 Å². The average molecular weight is 394 g/mol. The number of hydrogen-bond acceptors (Lipinski definition) is 5. The molecule has 0 amide bonds. The summed E-state index contributed by atoms with van der Waals surface area (Å²) in [5.74, 6) is -0.759. The van der Waals surface area contributed by atoms with Gasteiger partial charge in [0.05, 0.1) is 0 Å². The van der Waals surface area contributed by atoms with Crippen molar-refractivity contribution in [3.05, 3.63) is 64.1 Å². The summed E-state index contributed by atoms with van der Waals surface area (Å²) >= 11 is 3.37. The molecule has 0 aliphatic carbocycles. The van der Waals surface area contributed by atoms with Gasteiger partial charge in [-0.25, -0.2) is 4.79 Å². The average Bonchev–Trinajstić information content (AvgIpc) is 2.56. The Hall–Kier alpha value is -2.38. The van der Waals surface area contributed by atoms with Crippen LogP contribution in [0.3, 0.4) is 0 Å². The molecule has 7 heteroatoms. The third-order valence-electron chi connectivity index (χ3n) is 3.20. The van der Waals surface area contributed by atoms with Gasteiger partial charge in [0.2, 0.25) is 0 Å². The van der Waals surface area contributed by atoms with Crippen molar-refractivity contribution in [1.82, 2.24) is 0 Å². The molecule has 3 N–H and O–H groups in total. The van der Waals surface area contributed by atoms with Crippen molar-refractivity contribution in [2.45, 2.75) is 19.1 Å². The van der Waals surface area contributed by atoms with Crippen molar-refractivity contribution < 1.29 is 24.2 Å². The van der Waals surface area contributed by atoms with Crippen LogP contribution in [0.4, 0.5) is 4.79 Å². The highest BCUT2D eigenvalue weighted by Gasteiger charge is 2.12. The maximum atomic E-state index is 11.7. The minimum absolute atomic E-state index is 0.0891. The first kappa shape index (κ1) is 18.0. The molecule has 0 saturated heterocycles. The molecule has 0 radical (unpaired) electrons. The summed E-state index contributed by atoms with van der Waals surface area (Å²) in [5.41, 5.74) is 7.03. The fourth-order valence-corrected chi connectivity index (χ4v) is 2.31. The number of rotatable bonds is 6. The summed E-state index contributed by atoms with van der Waals surface area (Å²) in [5, 5.41) is 8.78. The number of nitrogens with two attached hydrogens (primary N) is 1. The van der Waals surface area contributed by atoms with Gasteiger partial charge in [0, 0.05) is 10.0 Å². The number of carbonyl (C=O) groups excluding carboxylic acids is 1. The van der Waals surface area contributed by atoms with E-state index in [0.29, 0.717) is 5.75 Å². The Balaban J connectivity index is 1.86. The fourth-order valence-electron chi connectivity index (χ4n) is 1.91. The summed E-state index contributed by atoms with van der Waals surface area (Å²) in [6, 6.07) is 12.8. The summed E-state index contributed by atoms with van der Waals surface area (Å²) in [6.07, 6.45) is -0.622. The number of ether oxygens (including phenoxy) is 2. The highest BCUT2D eigenvalue weighted by molar-refractivity contribution is 9.10. The van der Waals surface area contributed by atoms with Crippen LogP contribution < -0.4 is 10.5 Å². The highest BCUT2D eigenvalue weighted by Crippen LogP contribution is 2.18. The lowest BCUT2D eigenvalue weighted by Gasteiger charge is -2.09. The van der Waals surface area contributed by atoms with Crippen LogP contribution in [0.15, 0.2) is 53.0 Å². The molecule has 126 valence electrons. The predicted molar refractivity (Wildman–Crippen MR) is 90.7 cm³/mol. The lowest BCUT2D eigenvalue weighted by molar-refractivity contribution is -0.138. The Kier molecular flexibility index (Phi) is 6.34. The van der Waals surface area contributed by atoms with Crippen LogP contribution in [0.1, 0.15) is 11.1 Å². The van der Waals surface area contributed by atoms with Gasteiger partial charge >= 0.3 is 12.1 Å². The highest BCUT2D eigenvalue weighted by atomic mass is 79.9. The van der Waals surface area contributed by atoms with Crippen LogP contribution in [0, 0.1) is 0 Å². The Labute approximate surface area is 147 Å². The van der Waals surface area contributed by atoms with Crippen molar-refractivity contribution in [2.24, 2.45) is 5.73 Å². The molecule has 0 saturated carbocycles. The zero-order chi connectivity index (χ0) is 17.5. The first-order valence-electron chi connectivity index (χ1n) is 7.11. The van der Waals surface area contributed by atoms with Gasteiger partial charge in [-0.2, -0.15) is 0 Å². The predicted octanol–water partition coefficient (Wildman–Crippen LogP) is 3.12. The molecule has 1 atom stereocenters. The van der Waals surface area contributed by atoms with E-state index in [0.717, 1.165) is 15.6 Å². The van der Waals surface area contributed by atoms with E-state index < -0.39 is 18.2 Å². The van der Waals surface area contributed by atoms with Gasteiger partial charge in [0.1, 0.15) is 18.4 Å². The largest absolute Gasteiger partial charge is 0.514 e. The number of carboxylic acids is 1. The van der Waals surface area contributed by atoms with Crippen molar-refractivity contribution >= 4 is 28.1 Å². The standard InChI is InChI=1S/C17H16BrNO5/c18-14-4-2-1-3-12(14)10-23-17(22)24-13-7-5-11(6-8-13)9-15(19)16(20)21/h1-8,15H,9-10,19H2,(H,20,21)/t15-/m0/s1. The zero-order valence-electron chi connectivity index (χ0n) is 12.6. The van der Waals surface area contributed by atoms with Crippen LogP contribution in [0.2, 0.25) is 0 Å². The zero-order valence-corrected chi connectivity index (χ0v) is 14.2. The van der Waals surface area contributed by atoms with E-state index >= 15 is 0 Å². The topological polar surface area (TPSA) is 98.9 Å². The lowest BCUT2D eigenvalue weighted by atomic mass is 10.1. The molecule has 2 aromatic carbocycles. The fraction of sp³-hybridized carbons (Fsp3) is 0.176. The smallest absolute Gasteiger partial charge is 0.480 e. The van der Waals surface area contributed by atoms with Gasteiger partial charge in [-0.15, -0.1) is 0 Å². The minimum atomic E-state index is -1.06. The molecule has 0 aliphatic heterocycles. The number of benzene rings is 2. The Morgan fingerprint density at radius 3 is 2.42 bits per heavy atom. The van der Waals surface area contributed by atoms with E-state index in [1.165, 1.54) is 0 Å². The Bertz CT molecular complexity index is 717. The molecule has 24 heavy (non-hydrogen) atoms. The van der Waals surface area contributed by atoms with E-state index in [4.69, 9.17) is 20.3 Å². The molecular weight excluding hydrogens is 378 g/mol. The van der Waals surface area contributed by atoms with E-state index in [-0.39, 0.29) is 13.0 Å². The third kappa shape index (κ3) is 5.36. The molecule has 6 nitrogen and oxygen atoms in total. The summed E-state index contributed by atoms with van der Waals surface area (Å²) in [6.45, 7) is 0.0891. The molecule has 0 heterocycles. The van der Waals surface area contributed by atoms with Crippen LogP contribution >= 0.6 is 15.9 Å². The SMILES string of the molecule is N[C@@H](Cc1ccc(OC(=O)OCc2ccccc2Br)cc1)C(=O)O. The van der Waals surface area contributed by atoms with E-state index in [1.54, 1.807) is 24.3 Å². The van der Waals surface area contributed by atoms with Crippen LogP contribution in [0.25, 0.3) is 0 Å². The number of hydrogen-bond donors (Lipinski definition) is 2. The van der Waals surface area contributed by atoms with E-state index in [9.17, 15) is 9.59 Å². The van der Waals surface area contributed by atoms with Crippen LogP contribution in [0.5, 0.6) is 5.75 Å². The maximum absolute atomic E-state index is 11.7. The first-order valence-corrected chi connectivity index (χ1v) is 7.90. The molecule has 0 unspecified atom stereocenters. The van der Waals surface area contributed by atoms with Gasteiger partial charge in [-0.05, 0) is 30.2 Å². The van der Waals surface area contributed by atoms with Crippen molar-refractivity contribution in [2.75, 3.05) is 0 Å². The first-order chi connectivity index (χ1) is 11.5. The van der Waals surface area contributed by atoms with Gasteiger partial charge in [0.25, 0.3) is 0 Å². The normalized spacial score (nSPS) is 11.6. The van der Waals surface area contributed by atoms with Gasteiger partial charge < -0.3 is 20.3 Å². The Morgan fingerprint density at radius 1 is 1.12 bits per heavy atom. The van der Waals surface area contributed by atoms with Gasteiger partial charge in [-0.1, -0.05) is 46.3 Å². The van der Waals surface area contributed by atoms with Gasteiger partial charge in [-0.3, -0.25) is 4.79 Å². The second kappa shape index (κ2) is 8.47. The van der Waals surface area contributed by atoms with Gasteiger partial charge in [0.15, 0.2) is 0 Å². The monoisotopic (exact) mass is 393 g/mol. The van der Waals surface area contributed by atoms with Crippen molar-refractivity contribution in [3.8, 4) is 5.75 Å². The summed E-state index contributed by atoms with van der Waals surface area (Å²) in [7, 11) is 0. The molecule has 2 aromatic rings. The molecule has 0 fully saturated rings. The lowest BCUT2D eigenvalue weighted by Crippen LogP contribution is -2.32. The molecular formula is C17H16BrNO5. The molecule has 0 aromatic heterocycles. The number of halogens is 1. The quantitative estimate of drug-likeness (QED) is 0.577. The second-order valence-corrected chi connectivity index (χ2v) is 5.88. The number of carbonyl (C=O) groups is 2. The Morgan fingerprint density at radius 2 is 1.79 bits per heavy atom. The second-order valence-electron chi connectivity index (χ2n) is 5.02. The molecule has 0 spiro atoms. The van der Waals surface area contributed by atoms with E-state index in [1.807, 2.05) is 24.3 Å². The number of carboxylic acid groups (broad SMARTS) is 1. The van der Waals surface area contributed by atoms with Crippen LogP contribution in [-0.2, 0) is 22.6 Å². The summed E-state index contributed by atoms with van der Waals surface area (Å²) in [4.78, 5) is 22.4. The van der Waals surface area contributed by atoms with Crippen molar-refractivity contribution in [3.63, 3.8) is 0 Å². The minimum Gasteiger partial charge on any atom is -0.480 e. The molecule has 2 rings (SSSR count). The molecule has 0 bridgehead atoms. The molecule has 0 aliphatic rings. The summed E-state index contributed by atoms with van der Waals surface area (Å²) < 4.78 is 11.0. The maximum Gasteiger partial charge on any atom is 0.514 e.